The molecular formula is C16H20Cl2N2. The fraction of sp³-hybridized carbons (Fsp3) is 0.250. The third-order valence-corrected chi connectivity index (χ3v) is 4.13. The van der Waals surface area contributed by atoms with Gasteiger partial charge < -0.3 is 11.5 Å². The molecule has 0 aliphatic heterocycles. The predicted molar refractivity (Wildman–Crippen MR) is 90.7 cm³/mol. The van der Waals surface area contributed by atoms with Crippen LogP contribution in [-0.4, -0.2) is 0 Å². The van der Waals surface area contributed by atoms with Crippen molar-refractivity contribution in [1.82, 2.24) is 0 Å². The normalized spacial score (nSPS) is 9.90. The summed E-state index contributed by atoms with van der Waals surface area (Å²) in [5.74, 6) is 0. The van der Waals surface area contributed by atoms with E-state index in [1.54, 1.807) is 0 Å². The van der Waals surface area contributed by atoms with Crippen LogP contribution in [0.3, 0.4) is 0 Å². The zero-order valence-electron chi connectivity index (χ0n) is 12.2. The molecule has 2 rings (SSSR count). The smallest absolute Gasteiger partial charge is 0.0439 e. The molecule has 20 heavy (non-hydrogen) atoms. The highest BCUT2D eigenvalue weighted by molar-refractivity contribution is 6.31. The molecule has 2 aromatic carbocycles. The Kier molecular flexibility index (Phi) is 5.73. The predicted octanol–water partition coefficient (Wildman–Crippen LogP) is 5.08. The summed E-state index contributed by atoms with van der Waals surface area (Å²) in [5, 5.41) is 1.57. The molecule has 0 spiro atoms. The fourth-order valence-electron chi connectivity index (χ4n) is 1.61. The molecule has 0 amide bonds. The average molecular weight is 311 g/mol. The number of halogens is 2. The minimum Gasteiger partial charge on any atom is -0.399 e. The van der Waals surface area contributed by atoms with Gasteiger partial charge in [-0.2, -0.15) is 0 Å². The molecule has 2 nitrogen and oxygen atoms in total. The Hall–Kier alpha value is -1.38. The molecule has 4 heteroatoms. The van der Waals surface area contributed by atoms with Gasteiger partial charge in [0.05, 0.1) is 0 Å². The van der Waals surface area contributed by atoms with Gasteiger partial charge >= 0.3 is 0 Å². The van der Waals surface area contributed by atoms with Crippen molar-refractivity contribution in [2.45, 2.75) is 27.7 Å². The first-order valence-corrected chi connectivity index (χ1v) is 7.03. The first kappa shape index (κ1) is 16.7. The quantitative estimate of drug-likeness (QED) is 0.667. The van der Waals surface area contributed by atoms with Crippen molar-refractivity contribution in [2.75, 3.05) is 11.5 Å². The maximum atomic E-state index is 5.83. The highest BCUT2D eigenvalue weighted by Crippen LogP contribution is 2.23. The van der Waals surface area contributed by atoms with Crippen LogP contribution in [0.2, 0.25) is 10.0 Å². The van der Waals surface area contributed by atoms with Crippen LogP contribution in [0.25, 0.3) is 0 Å². The molecule has 0 bridgehead atoms. The number of nitrogen functional groups attached to an aromatic ring is 2. The lowest BCUT2D eigenvalue weighted by atomic mass is 10.1. The Balaban J connectivity index is 0.000000200. The van der Waals surface area contributed by atoms with Gasteiger partial charge in [0.15, 0.2) is 0 Å². The third-order valence-electron chi connectivity index (χ3n) is 3.31. The fourth-order valence-corrected chi connectivity index (χ4v) is 2.03. The van der Waals surface area contributed by atoms with Crippen LogP contribution in [0.1, 0.15) is 22.3 Å². The molecule has 0 heterocycles. The van der Waals surface area contributed by atoms with E-state index in [0.717, 1.165) is 43.7 Å². The third kappa shape index (κ3) is 4.06. The minimum atomic E-state index is 0.784. The highest BCUT2D eigenvalue weighted by Gasteiger charge is 2.00. The maximum Gasteiger partial charge on any atom is 0.0439 e. The molecule has 0 aliphatic rings. The van der Waals surface area contributed by atoms with Crippen molar-refractivity contribution in [3.8, 4) is 0 Å². The van der Waals surface area contributed by atoms with E-state index in [2.05, 4.69) is 0 Å². The summed E-state index contributed by atoms with van der Waals surface area (Å²) < 4.78 is 0. The highest BCUT2D eigenvalue weighted by atomic mass is 35.5. The second-order valence-electron chi connectivity index (χ2n) is 4.84. The van der Waals surface area contributed by atoms with E-state index in [9.17, 15) is 0 Å². The summed E-state index contributed by atoms with van der Waals surface area (Å²) >= 11 is 11.7. The molecule has 0 unspecified atom stereocenters. The number of hydrogen-bond donors (Lipinski definition) is 2. The largest absolute Gasteiger partial charge is 0.399 e. The van der Waals surface area contributed by atoms with Gasteiger partial charge in [-0.1, -0.05) is 23.2 Å². The number of benzene rings is 2. The van der Waals surface area contributed by atoms with Crippen LogP contribution in [0, 0.1) is 27.7 Å². The monoisotopic (exact) mass is 310 g/mol. The molecule has 0 atom stereocenters. The van der Waals surface area contributed by atoms with Crippen LogP contribution < -0.4 is 11.5 Å². The molecule has 0 saturated carbocycles. The number of rotatable bonds is 0. The molecule has 108 valence electrons. The Bertz CT molecular complexity index is 545. The van der Waals surface area contributed by atoms with Crippen LogP contribution in [0.15, 0.2) is 24.3 Å². The number of anilines is 2. The van der Waals surface area contributed by atoms with Gasteiger partial charge in [0.1, 0.15) is 0 Å². The molecule has 0 fully saturated rings. The maximum absolute atomic E-state index is 5.83. The molecule has 2 aromatic rings. The topological polar surface area (TPSA) is 52.0 Å². The van der Waals surface area contributed by atoms with Crippen LogP contribution in [0.4, 0.5) is 11.4 Å². The van der Waals surface area contributed by atoms with Crippen LogP contribution >= 0.6 is 23.2 Å². The van der Waals surface area contributed by atoms with Crippen molar-refractivity contribution in [3.63, 3.8) is 0 Å². The summed E-state index contributed by atoms with van der Waals surface area (Å²) in [7, 11) is 0. The lowest BCUT2D eigenvalue weighted by molar-refractivity contribution is 1.34. The van der Waals surface area contributed by atoms with E-state index in [0.29, 0.717) is 0 Å². The standard InChI is InChI=1S/2C8H10ClN/c1-5-4-8(10)6(2)3-7(5)9;1-5-6(2)8(10)4-3-7(5)9/h2*3-4H,10H2,1-2H3. The lowest BCUT2D eigenvalue weighted by Gasteiger charge is -2.04. The van der Waals surface area contributed by atoms with Crippen molar-refractivity contribution >= 4 is 34.6 Å². The van der Waals surface area contributed by atoms with E-state index in [4.69, 9.17) is 34.7 Å². The van der Waals surface area contributed by atoms with Gasteiger partial charge in [-0.15, -0.1) is 0 Å². The average Bonchev–Trinajstić information content (AvgIpc) is 2.39. The van der Waals surface area contributed by atoms with Gasteiger partial charge in [0, 0.05) is 21.4 Å². The van der Waals surface area contributed by atoms with Gasteiger partial charge in [0.2, 0.25) is 0 Å². The number of aryl methyl sites for hydroxylation is 2. The van der Waals surface area contributed by atoms with E-state index in [1.165, 1.54) is 0 Å². The summed E-state index contributed by atoms with van der Waals surface area (Å²) in [5.41, 5.74) is 17.1. The van der Waals surface area contributed by atoms with Crippen molar-refractivity contribution in [3.05, 3.63) is 56.6 Å². The lowest BCUT2D eigenvalue weighted by Crippen LogP contribution is -1.91. The Labute approximate surface area is 130 Å². The zero-order chi connectivity index (χ0) is 15.4. The molecular weight excluding hydrogens is 291 g/mol. The van der Waals surface area contributed by atoms with Crippen LogP contribution in [0.5, 0.6) is 0 Å². The van der Waals surface area contributed by atoms with E-state index >= 15 is 0 Å². The number of nitrogens with two attached hydrogens (primary N) is 2. The second kappa shape index (κ2) is 6.87. The Morgan fingerprint density at radius 2 is 1.30 bits per heavy atom. The summed E-state index contributed by atoms with van der Waals surface area (Å²) in [6.45, 7) is 7.82. The second-order valence-corrected chi connectivity index (χ2v) is 5.66. The molecule has 0 saturated heterocycles. The SMILES string of the molecule is Cc1c(N)ccc(Cl)c1C.Cc1cc(Cl)c(C)cc1N. The van der Waals surface area contributed by atoms with E-state index < -0.39 is 0 Å². The first-order chi connectivity index (χ1) is 9.23. The van der Waals surface area contributed by atoms with E-state index in [1.807, 2.05) is 52.0 Å². The van der Waals surface area contributed by atoms with Gasteiger partial charge in [-0.3, -0.25) is 0 Å². The summed E-state index contributed by atoms with van der Waals surface area (Å²) in [4.78, 5) is 0. The Morgan fingerprint density at radius 3 is 1.80 bits per heavy atom. The molecule has 0 aromatic heterocycles. The van der Waals surface area contributed by atoms with Gasteiger partial charge in [-0.05, 0) is 74.2 Å². The van der Waals surface area contributed by atoms with E-state index in [-0.39, 0.29) is 0 Å². The minimum absolute atomic E-state index is 0.784. The van der Waals surface area contributed by atoms with Gasteiger partial charge in [-0.25, -0.2) is 0 Å². The molecule has 4 N–H and O–H groups in total. The van der Waals surface area contributed by atoms with Crippen LogP contribution in [-0.2, 0) is 0 Å². The van der Waals surface area contributed by atoms with Crippen molar-refractivity contribution in [1.29, 1.82) is 0 Å². The zero-order valence-corrected chi connectivity index (χ0v) is 13.7. The molecule has 0 radical (unpaired) electrons. The number of hydrogen-bond acceptors (Lipinski definition) is 2. The molecule has 0 aliphatic carbocycles. The Morgan fingerprint density at radius 1 is 0.700 bits per heavy atom. The first-order valence-electron chi connectivity index (χ1n) is 6.27. The van der Waals surface area contributed by atoms with Crippen molar-refractivity contribution in [2.24, 2.45) is 0 Å². The van der Waals surface area contributed by atoms with Gasteiger partial charge in [0.25, 0.3) is 0 Å². The summed E-state index contributed by atoms with van der Waals surface area (Å²) in [6, 6.07) is 7.41. The van der Waals surface area contributed by atoms with Crippen molar-refractivity contribution < 1.29 is 0 Å². The summed E-state index contributed by atoms with van der Waals surface area (Å²) in [6.07, 6.45) is 0.